The van der Waals surface area contributed by atoms with Crippen molar-refractivity contribution in [3.8, 4) is 0 Å². The Balaban J connectivity index is 1.16. The largest absolute Gasteiger partial charge is 0.480 e. The van der Waals surface area contributed by atoms with E-state index in [0.717, 1.165) is 11.3 Å². The second kappa shape index (κ2) is 14.5. The Bertz CT molecular complexity index is 1470. The van der Waals surface area contributed by atoms with E-state index in [-0.39, 0.29) is 18.4 Å². The Hall–Kier alpha value is -4.81. The summed E-state index contributed by atoms with van der Waals surface area (Å²) in [5.74, 6) is -1.05. The molecule has 2 aromatic rings. The molecule has 3 aliphatic heterocycles. The predicted octanol–water partition coefficient (Wildman–Crippen LogP) is 2.78. The molecule has 3 heterocycles. The number of urea groups is 2. The van der Waals surface area contributed by atoms with Gasteiger partial charge in [0.2, 0.25) is 11.8 Å². The number of nitrogens with zero attached hydrogens (tertiary/aromatic N) is 4. The quantitative estimate of drug-likeness (QED) is 0.322. The Morgan fingerprint density at radius 2 is 1.40 bits per heavy atom. The minimum Gasteiger partial charge on any atom is -0.480 e. The summed E-state index contributed by atoms with van der Waals surface area (Å²) in [7, 11) is 0. The number of piperidine rings is 2. The van der Waals surface area contributed by atoms with Crippen molar-refractivity contribution in [2.75, 3.05) is 50.8 Å². The SMILES string of the molecule is CC(=O)NC1(c2ccccc2)CCN(C(=O)NC(CNC(=O)N2CCC3(CC2)C(=O)N(CC(C)C)CN3c2ccccc2)C(=O)O)CC1. The topological polar surface area (TPSA) is 155 Å². The molecule has 1 atom stereocenters. The number of likely N-dealkylation sites (tertiary alicyclic amines) is 2. The number of para-hydroxylation sites is 1. The molecule has 1 unspecified atom stereocenters. The van der Waals surface area contributed by atoms with Crippen molar-refractivity contribution in [2.24, 2.45) is 5.92 Å². The summed E-state index contributed by atoms with van der Waals surface area (Å²) in [6.07, 6.45) is 1.82. The highest BCUT2D eigenvalue weighted by molar-refractivity contribution is 5.94. The van der Waals surface area contributed by atoms with Crippen molar-refractivity contribution < 1.29 is 29.1 Å². The summed E-state index contributed by atoms with van der Waals surface area (Å²) in [6.45, 7) is 7.74. The summed E-state index contributed by atoms with van der Waals surface area (Å²) < 4.78 is 0. The van der Waals surface area contributed by atoms with Crippen molar-refractivity contribution in [1.82, 2.24) is 30.7 Å². The van der Waals surface area contributed by atoms with Gasteiger partial charge in [-0.2, -0.15) is 0 Å². The molecule has 0 aliphatic carbocycles. The Labute approximate surface area is 281 Å². The Kier molecular flexibility index (Phi) is 10.4. The minimum atomic E-state index is -1.34. The highest BCUT2D eigenvalue weighted by Crippen LogP contribution is 2.40. The molecule has 4 N–H and O–H groups in total. The molecule has 2 aromatic carbocycles. The number of carboxylic acids is 1. The van der Waals surface area contributed by atoms with Crippen LogP contribution in [0.1, 0.15) is 52.0 Å². The van der Waals surface area contributed by atoms with Gasteiger partial charge in [-0.05, 0) is 49.3 Å². The number of hydrogen-bond acceptors (Lipinski definition) is 6. The van der Waals surface area contributed by atoms with Gasteiger partial charge < -0.3 is 40.7 Å². The molecule has 5 rings (SSSR count). The van der Waals surface area contributed by atoms with Crippen molar-refractivity contribution in [3.63, 3.8) is 0 Å². The van der Waals surface area contributed by atoms with Crippen LogP contribution in [-0.4, -0.2) is 107 Å². The lowest BCUT2D eigenvalue weighted by Crippen LogP contribution is -2.60. The number of benzene rings is 2. The zero-order chi connectivity index (χ0) is 34.5. The average Bonchev–Trinajstić information content (AvgIpc) is 3.33. The van der Waals surface area contributed by atoms with Gasteiger partial charge in [-0.1, -0.05) is 62.4 Å². The summed E-state index contributed by atoms with van der Waals surface area (Å²) in [6, 6.07) is 17.1. The zero-order valence-corrected chi connectivity index (χ0v) is 28.0. The van der Waals surface area contributed by atoms with E-state index in [1.54, 1.807) is 4.90 Å². The van der Waals surface area contributed by atoms with Crippen LogP contribution in [0.15, 0.2) is 60.7 Å². The van der Waals surface area contributed by atoms with Crippen LogP contribution in [0.3, 0.4) is 0 Å². The molecule has 13 heteroatoms. The van der Waals surface area contributed by atoms with Gasteiger partial charge in [-0.3, -0.25) is 9.59 Å². The lowest BCUT2D eigenvalue weighted by atomic mass is 9.81. The van der Waals surface area contributed by atoms with Crippen molar-refractivity contribution in [2.45, 2.75) is 63.6 Å². The molecule has 0 radical (unpaired) electrons. The Morgan fingerprint density at radius 1 is 0.833 bits per heavy atom. The third-order valence-corrected chi connectivity index (χ3v) is 9.74. The lowest BCUT2D eigenvalue weighted by molar-refractivity contribution is -0.139. The maximum absolute atomic E-state index is 13.8. The molecule has 258 valence electrons. The van der Waals surface area contributed by atoms with Gasteiger partial charge in [0.15, 0.2) is 0 Å². The van der Waals surface area contributed by atoms with Crippen LogP contribution < -0.4 is 20.9 Å². The maximum Gasteiger partial charge on any atom is 0.328 e. The number of aliphatic carboxylic acids is 1. The minimum absolute atomic E-state index is 0.0737. The average molecular weight is 662 g/mol. The molecular formula is C35H47N7O6. The summed E-state index contributed by atoms with van der Waals surface area (Å²) >= 11 is 0. The highest BCUT2D eigenvalue weighted by atomic mass is 16.4. The number of anilines is 1. The number of carbonyl (C=O) groups is 5. The van der Waals surface area contributed by atoms with Crippen molar-refractivity contribution in [1.29, 1.82) is 0 Å². The van der Waals surface area contributed by atoms with Gasteiger partial charge in [0.05, 0.1) is 18.8 Å². The first-order valence-corrected chi connectivity index (χ1v) is 16.7. The van der Waals surface area contributed by atoms with Gasteiger partial charge in [0, 0.05) is 45.3 Å². The maximum atomic E-state index is 13.8. The summed E-state index contributed by atoms with van der Waals surface area (Å²) in [5.41, 5.74) is 0.542. The summed E-state index contributed by atoms with van der Waals surface area (Å²) in [4.78, 5) is 71.5. The van der Waals surface area contributed by atoms with E-state index in [4.69, 9.17) is 0 Å². The zero-order valence-electron chi connectivity index (χ0n) is 28.0. The molecular weight excluding hydrogens is 614 g/mol. The second-order valence-electron chi connectivity index (χ2n) is 13.5. The van der Waals surface area contributed by atoms with Crippen molar-refractivity contribution in [3.05, 3.63) is 66.2 Å². The third-order valence-electron chi connectivity index (χ3n) is 9.74. The van der Waals surface area contributed by atoms with Gasteiger partial charge in [0.1, 0.15) is 11.6 Å². The molecule has 0 bridgehead atoms. The van der Waals surface area contributed by atoms with E-state index in [1.165, 1.54) is 11.8 Å². The van der Waals surface area contributed by atoms with E-state index in [9.17, 15) is 29.1 Å². The van der Waals surface area contributed by atoms with Crippen LogP contribution >= 0.6 is 0 Å². The van der Waals surface area contributed by atoms with Gasteiger partial charge >= 0.3 is 18.0 Å². The van der Waals surface area contributed by atoms with Crippen LogP contribution in [0.2, 0.25) is 0 Å². The number of carbonyl (C=O) groups excluding carboxylic acids is 4. The number of carboxylic acid groups (broad SMARTS) is 1. The first-order chi connectivity index (χ1) is 22.9. The lowest BCUT2D eigenvalue weighted by Gasteiger charge is -2.43. The fraction of sp³-hybridized carbons (Fsp3) is 0.514. The highest BCUT2D eigenvalue weighted by Gasteiger charge is 2.54. The molecule has 48 heavy (non-hydrogen) atoms. The predicted molar refractivity (Wildman–Crippen MR) is 180 cm³/mol. The summed E-state index contributed by atoms with van der Waals surface area (Å²) in [5, 5.41) is 18.2. The van der Waals surface area contributed by atoms with E-state index >= 15 is 0 Å². The molecule has 6 amide bonds. The second-order valence-corrected chi connectivity index (χ2v) is 13.5. The smallest absolute Gasteiger partial charge is 0.328 e. The third kappa shape index (κ3) is 7.34. The van der Waals surface area contributed by atoms with Crippen LogP contribution in [0.25, 0.3) is 0 Å². The van der Waals surface area contributed by atoms with Gasteiger partial charge in [-0.15, -0.1) is 0 Å². The van der Waals surface area contributed by atoms with Crippen LogP contribution in [0.4, 0.5) is 15.3 Å². The molecule has 0 saturated carbocycles. The van der Waals surface area contributed by atoms with E-state index < -0.39 is 35.2 Å². The first-order valence-electron chi connectivity index (χ1n) is 16.7. The molecule has 13 nitrogen and oxygen atoms in total. The molecule has 3 aliphatic rings. The van der Waals surface area contributed by atoms with Crippen LogP contribution in [0.5, 0.6) is 0 Å². The number of amides is 6. The van der Waals surface area contributed by atoms with Gasteiger partial charge in [0.25, 0.3) is 0 Å². The number of rotatable bonds is 9. The molecule has 0 aromatic heterocycles. The fourth-order valence-electron chi connectivity index (χ4n) is 7.27. The van der Waals surface area contributed by atoms with Gasteiger partial charge in [-0.25, -0.2) is 14.4 Å². The van der Waals surface area contributed by atoms with E-state index in [0.29, 0.717) is 71.0 Å². The van der Waals surface area contributed by atoms with Crippen molar-refractivity contribution >= 4 is 35.5 Å². The number of nitrogens with one attached hydrogen (secondary N) is 3. The fourth-order valence-corrected chi connectivity index (χ4v) is 7.27. The monoisotopic (exact) mass is 661 g/mol. The molecule has 1 spiro atoms. The first kappa shape index (κ1) is 34.5. The Morgan fingerprint density at radius 3 is 1.96 bits per heavy atom. The van der Waals surface area contributed by atoms with Crippen LogP contribution in [0, 0.1) is 5.92 Å². The van der Waals surface area contributed by atoms with E-state index in [1.807, 2.05) is 65.6 Å². The van der Waals surface area contributed by atoms with E-state index in [2.05, 4.69) is 34.7 Å². The van der Waals surface area contributed by atoms with Crippen LogP contribution in [-0.2, 0) is 19.9 Å². The standard InChI is InChI=1S/C35H47N7O6/c1-25(2)23-41-24-42(28-12-8-5-9-13-28)35(31(41)46)16-20-39(21-17-35)32(47)36-22-29(30(44)45)37-33(48)40-18-14-34(15-19-40,38-26(3)43)27-10-6-4-7-11-27/h4-13,25,29H,14-24H2,1-3H3,(H,36,47)(H,37,48)(H,38,43)(H,44,45). The normalized spacial score (nSPS) is 19.3. The molecule has 3 fully saturated rings. The molecule has 3 saturated heterocycles. The number of hydrogen-bond donors (Lipinski definition) is 4.